The van der Waals surface area contributed by atoms with E-state index in [1.54, 1.807) is 30.3 Å². The number of thioether (sulfide) groups is 1. The molecule has 92 heavy (non-hydrogen) atoms. The topological polar surface area (TPSA) is 218 Å². The maximum atomic E-state index is 14.5. The lowest BCUT2D eigenvalue weighted by atomic mass is 9.32. The number of imide groups is 2. The van der Waals surface area contributed by atoms with E-state index in [2.05, 4.69) is 49.4 Å². The molecule has 4 N–H and O–H groups in total. The van der Waals surface area contributed by atoms with E-state index in [-0.39, 0.29) is 40.4 Å². The molecule has 4 aromatic carbocycles. The van der Waals surface area contributed by atoms with E-state index in [0.29, 0.717) is 69.4 Å². The molecule has 0 radical (unpaired) electrons. The number of sulfone groups is 1. The summed E-state index contributed by atoms with van der Waals surface area (Å²) in [5.41, 5.74) is -2.45. The predicted molar refractivity (Wildman–Crippen MR) is 341 cm³/mol. The van der Waals surface area contributed by atoms with Gasteiger partial charge in [0, 0.05) is 117 Å². The Morgan fingerprint density at radius 2 is 1.42 bits per heavy atom. The number of amides is 5. The third kappa shape index (κ3) is 14.4. The van der Waals surface area contributed by atoms with Gasteiger partial charge >= 0.3 is 5.51 Å². The monoisotopic (exact) mass is 1330 g/mol. The molecule has 4 aliphatic carbocycles. The van der Waals surface area contributed by atoms with Crippen LogP contribution in [0.15, 0.2) is 117 Å². The van der Waals surface area contributed by atoms with Crippen LogP contribution in [0.1, 0.15) is 128 Å². The summed E-state index contributed by atoms with van der Waals surface area (Å²) in [7, 11) is -11.1. The number of anilines is 3. The maximum absolute atomic E-state index is 14.5. The van der Waals surface area contributed by atoms with Crippen LogP contribution in [0.4, 0.5) is 39.0 Å². The highest BCUT2D eigenvalue weighted by Crippen LogP contribution is 2.79. The second-order valence-corrected chi connectivity index (χ2v) is 31.4. The highest BCUT2D eigenvalue weighted by Gasteiger charge is 2.73. The lowest BCUT2D eigenvalue weighted by molar-refractivity contribution is -0.250. The first kappa shape index (κ1) is 67.0. The predicted octanol–water partition coefficient (Wildman–Crippen LogP) is 9.82. The van der Waals surface area contributed by atoms with Gasteiger partial charge < -0.3 is 25.3 Å². The van der Waals surface area contributed by atoms with Crippen molar-refractivity contribution in [3.63, 3.8) is 0 Å². The fourth-order valence-electron chi connectivity index (χ4n) is 14.5. The number of hydrogen-bond donors (Lipinski definition) is 4. The quantitative estimate of drug-likeness (QED) is 0.0151. The van der Waals surface area contributed by atoms with E-state index in [4.69, 9.17) is 0 Å². The maximum Gasteiger partial charge on any atom is 0.501 e. The van der Waals surface area contributed by atoms with Gasteiger partial charge in [-0.15, -0.1) is 11.8 Å². The van der Waals surface area contributed by atoms with Crippen molar-refractivity contribution in [2.75, 3.05) is 99.8 Å². The Bertz CT molecular complexity index is 3690. The number of allylic oxidation sites excluding steroid dienone is 1. The number of benzene rings is 4. The fraction of sp³-hybridized carbons (Fsp3) is 0.530. The van der Waals surface area contributed by atoms with Gasteiger partial charge in [0.05, 0.1) is 21.7 Å². The van der Waals surface area contributed by atoms with E-state index in [1.807, 2.05) is 35.1 Å². The number of fused-ring (bicyclic) bond motifs is 1. The molecule has 18 nitrogen and oxygen atoms in total. The summed E-state index contributed by atoms with van der Waals surface area (Å²) in [6, 6.07) is 21.3. The first-order valence-corrected chi connectivity index (χ1v) is 35.8. The number of unbranched alkanes of at least 4 members (excludes halogenated alkanes) is 3. The molecular formula is C66H80F5N9O9S3. The molecule has 12 rings (SSSR count). The van der Waals surface area contributed by atoms with Crippen LogP contribution in [-0.4, -0.2) is 174 Å². The largest absolute Gasteiger partial charge is 0.501 e. The zero-order chi connectivity index (χ0) is 65.4. The molecule has 4 aromatic rings. The van der Waals surface area contributed by atoms with Crippen molar-refractivity contribution < 1.29 is 62.8 Å². The minimum absolute atomic E-state index is 0.0342. The Balaban J connectivity index is 0.657. The minimum atomic E-state index is -6.14. The van der Waals surface area contributed by atoms with Crippen LogP contribution < -0.4 is 25.6 Å². The van der Waals surface area contributed by atoms with E-state index in [9.17, 15) is 62.8 Å². The summed E-state index contributed by atoms with van der Waals surface area (Å²) >= 11 is 1.43. The van der Waals surface area contributed by atoms with Crippen molar-refractivity contribution in [3.8, 4) is 0 Å². The summed E-state index contributed by atoms with van der Waals surface area (Å²) in [4.78, 5) is 73.3. The zero-order valence-corrected chi connectivity index (χ0v) is 54.3. The molecule has 496 valence electrons. The molecular weight excluding hydrogens is 1250 g/mol. The van der Waals surface area contributed by atoms with Gasteiger partial charge in [0.1, 0.15) is 10.9 Å². The Morgan fingerprint density at radius 1 is 0.750 bits per heavy atom. The standard InChI is InChI=1S/C66H80F5N9O9S3/c1-63(2)25-23-45(51(38-63)64-41-65(42-64,43-64)62(67)68)39-78-33-35-79(36-34-78)47-17-15-44(16-18-47)58(82)75-92(88,89)49-19-20-52(55(37-49)91(86,87)66(69,70)71)73-46(40-90-48-11-6-5-7-12-48)24-28-77-31-29-76(30-32-77)27-9-4-3-8-26-72-53-14-10-13-50-57(53)61(85)80(60(50)84)54-21-22-56(81)74-59(54)83/h5-7,10-20,37,46,54,62,72-73H,3-4,8-9,21-36,38-43H2,1-2H3,(H,75,82)(H,74,81,83)/t46-,54?,64?,65?/m1/s1. The number of piperazine rings is 2. The van der Waals surface area contributed by atoms with Gasteiger partial charge in [-0.3, -0.25) is 39.1 Å². The molecule has 4 heterocycles. The van der Waals surface area contributed by atoms with Crippen molar-refractivity contribution >= 4 is 78.2 Å². The number of nitrogens with zero attached hydrogens (tertiary/aromatic N) is 5. The van der Waals surface area contributed by atoms with E-state index in [0.717, 1.165) is 125 Å². The van der Waals surface area contributed by atoms with Crippen LogP contribution in [-0.2, 0) is 29.4 Å². The molecule has 2 atom stereocenters. The summed E-state index contributed by atoms with van der Waals surface area (Å²) in [6.07, 6.45) is 6.55. The van der Waals surface area contributed by atoms with E-state index in [1.165, 1.54) is 35.0 Å². The molecule has 2 bridgehead atoms. The van der Waals surface area contributed by atoms with Gasteiger partial charge in [-0.05, 0) is 148 Å². The smallest absolute Gasteiger partial charge is 0.384 e. The van der Waals surface area contributed by atoms with Crippen molar-refractivity contribution in [3.05, 3.63) is 119 Å². The van der Waals surface area contributed by atoms with Gasteiger partial charge in [-0.1, -0.05) is 62.1 Å². The summed E-state index contributed by atoms with van der Waals surface area (Å²) in [5, 5.41) is 8.55. The molecule has 0 spiro atoms. The number of nitrogens with one attached hydrogen (secondary N) is 4. The Kier molecular flexibility index (Phi) is 19.7. The summed E-state index contributed by atoms with van der Waals surface area (Å²) in [5.74, 6) is -2.98. The minimum Gasteiger partial charge on any atom is -0.384 e. The van der Waals surface area contributed by atoms with Crippen LogP contribution >= 0.6 is 11.8 Å². The zero-order valence-electron chi connectivity index (χ0n) is 51.8. The van der Waals surface area contributed by atoms with Crippen molar-refractivity contribution in [1.82, 2.24) is 29.6 Å². The molecule has 3 saturated carbocycles. The highest BCUT2D eigenvalue weighted by atomic mass is 32.2. The molecule has 4 aliphatic heterocycles. The van der Waals surface area contributed by atoms with E-state index < -0.39 is 94.3 Å². The van der Waals surface area contributed by atoms with Crippen molar-refractivity contribution in [2.24, 2.45) is 16.2 Å². The molecule has 26 heteroatoms. The molecule has 1 unspecified atom stereocenters. The first-order valence-electron chi connectivity index (χ1n) is 31.8. The first-order chi connectivity index (χ1) is 43.7. The summed E-state index contributed by atoms with van der Waals surface area (Å²) in [6.45, 7) is 13.1. The number of hydrogen-bond acceptors (Lipinski definition) is 16. The Labute approximate surface area is 538 Å². The average molecular weight is 1330 g/mol. The van der Waals surface area contributed by atoms with Crippen LogP contribution in [0.2, 0.25) is 0 Å². The molecule has 0 aromatic heterocycles. The number of alkyl halides is 5. The van der Waals surface area contributed by atoms with Crippen molar-refractivity contribution in [2.45, 2.75) is 136 Å². The average Bonchev–Trinajstić information content (AvgIpc) is 0.760. The fourth-order valence-corrected chi connectivity index (χ4v) is 17.5. The number of carbonyl (C=O) groups is 5. The molecule has 6 fully saturated rings. The van der Waals surface area contributed by atoms with Gasteiger partial charge in [0.15, 0.2) is 0 Å². The number of sulfonamides is 1. The lowest BCUT2D eigenvalue weighted by Crippen LogP contribution is -2.66. The second-order valence-electron chi connectivity index (χ2n) is 26.7. The number of rotatable bonds is 26. The normalized spacial score (nSPS) is 23.5. The van der Waals surface area contributed by atoms with Crippen LogP contribution in [0, 0.1) is 16.2 Å². The number of carbonyl (C=O) groups excluding carboxylic acids is 5. The van der Waals surface area contributed by atoms with Gasteiger partial charge in [0.2, 0.25) is 18.2 Å². The lowest BCUT2D eigenvalue weighted by Gasteiger charge is -2.72. The van der Waals surface area contributed by atoms with Gasteiger partial charge in [0.25, 0.3) is 37.6 Å². The Hall–Kier alpha value is -6.45. The third-order valence-corrected chi connectivity index (χ3v) is 23.8. The van der Waals surface area contributed by atoms with Gasteiger partial charge in [-0.2, -0.15) is 13.2 Å². The SMILES string of the molecule is CC1(C)CCC(CN2CCN(c3ccc(C(=O)NS(=O)(=O)c4ccc(N[C@H](CCN5CCN(CCCCCCNc6cccc7c6C(=O)N(C6CCC(=O)NC6=O)C7=O)CC5)CSc5ccccc5)c(S(=O)(=O)C(F)(F)F)c4)cc3)CC2)=C(C23CC(C(F)F)(C2)C3)C1. The van der Waals surface area contributed by atoms with Gasteiger partial charge in [-0.25, -0.2) is 30.3 Å². The molecule has 8 aliphatic rings. The van der Waals surface area contributed by atoms with Crippen LogP contribution in [0.3, 0.4) is 0 Å². The Morgan fingerprint density at radius 3 is 2.10 bits per heavy atom. The number of piperidine rings is 1. The second kappa shape index (κ2) is 27.1. The van der Waals surface area contributed by atoms with Crippen LogP contribution in [0.25, 0.3) is 0 Å². The molecule has 3 saturated heterocycles. The highest BCUT2D eigenvalue weighted by molar-refractivity contribution is 7.99. The van der Waals surface area contributed by atoms with E-state index >= 15 is 0 Å². The summed E-state index contributed by atoms with van der Waals surface area (Å²) < 4.78 is 127. The number of halogens is 5. The van der Waals surface area contributed by atoms with Crippen molar-refractivity contribution in [1.29, 1.82) is 0 Å². The molecule has 5 amide bonds. The van der Waals surface area contributed by atoms with Crippen LogP contribution in [0.5, 0.6) is 0 Å². The third-order valence-electron chi connectivity index (χ3n) is 19.7.